The molecule has 7 nitrogen and oxygen atoms in total. The first-order chi connectivity index (χ1) is 11.9. The fourth-order valence-corrected chi connectivity index (χ4v) is 2.81. The first-order valence-corrected chi connectivity index (χ1v) is 7.94. The smallest absolute Gasteiger partial charge is 0.263 e. The van der Waals surface area contributed by atoms with Crippen molar-refractivity contribution in [2.75, 3.05) is 12.4 Å². The Morgan fingerprint density at radius 2 is 1.96 bits per heavy atom. The van der Waals surface area contributed by atoms with Crippen LogP contribution in [0.4, 0.5) is 5.69 Å². The Morgan fingerprint density at radius 1 is 1.28 bits per heavy atom. The predicted molar refractivity (Wildman–Crippen MR) is 96.2 cm³/mol. The number of rotatable bonds is 4. The quantitative estimate of drug-likeness (QED) is 0.764. The maximum atomic E-state index is 12.8. The van der Waals surface area contributed by atoms with E-state index in [2.05, 4.69) is 15.3 Å². The number of aryl methyl sites for hydroxylation is 2. The fraction of sp³-hybridized carbons (Fsp3) is 0.278. The Kier molecular flexibility index (Phi) is 4.31. The minimum atomic E-state index is -0.693. The van der Waals surface area contributed by atoms with Crippen LogP contribution in [0.5, 0.6) is 5.75 Å². The summed E-state index contributed by atoms with van der Waals surface area (Å²) >= 11 is 0. The monoisotopic (exact) mass is 340 g/mol. The van der Waals surface area contributed by atoms with Crippen molar-refractivity contribution in [2.45, 2.75) is 26.8 Å². The van der Waals surface area contributed by atoms with E-state index in [0.717, 1.165) is 5.69 Å². The molecule has 1 aromatic carbocycles. The molecule has 0 bridgehead atoms. The van der Waals surface area contributed by atoms with Gasteiger partial charge < -0.3 is 15.0 Å². The Morgan fingerprint density at radius 3 is 2.60 bits per heavy atom. The molecule has 3 aromatic rings. The minimum absolute atomic E-state index is 0.232. The number of hydrogen-bond acceptors (Lipinski definition) is 4. The van der Waals surface area contributed by atoms with Crippen molar-refractivity contribution in [3.8, 4) is 5.75 Å². The van der Waals surface area contributed by atoms with Crippen molar-refractivity contribution < 1.29 is 9.53 Å². The van der Waals surface area contributed by atoms with Crippen molar-refractivity contribution in [3.05, 3.63) is 52.2 Å². The van der Waals surface area contributed by atoms with Crippen molar-refractivity contribution >= 4 is 22.6 Å². The number of ether oxygens (including phenoxy) is 1. The standard InChI is InChI=1S/C18H20N4O3/c1-10-9-15-16(19-10)20-12(3)22(18(15)24)11(2)17(23)21-13-5-7-14(25-4)8-6-13/h5-9,11,19H,1-4H3,(H,21,23). The summed E-state index contributed by atoms with van der Waals surface area (Å²) in [6.07, 6.45) is 0. The van der Waals surface area contributed by atoms with Crippen LogP contribution in [0.2, 0.25) is 0 Å². The number of H-pyrrole nitrogens is 1. The third-order valence-electron chi connectivity index (χ3n) is 4.13. The van der Waals surface area contributed by atoms with Gasteiger partial charge in [-0.25, -0.2) is 4.98 Å². The van der Waals surface area contributed by atoms with E-state index < -0.39 is 6.04 Å². The second-order valence-electron chi connectivity index (χ2n) is 5.94. The van der Waals surface area contributed by atoms with Gasteiger partial charge in [-0.15, -0.1) is 0 Å². The van der Waals surface area contributed by atoms with Gasteiger partial charge in [-0.05, 0) is 51.1 Å². The van der Waals surface area contributed by atoms with Gasteiger partial charge in [-0.1, -0.05) is 0 Å². The van der Waals surface area contributed by atoms with Gasteiger partial charge in [0.25, 0.3) is 5.56 Å². The van der Waals surface area contributed by atoms with E-state index in [0.29, 0.717) is 28.3 Å². The molecule has 130 valence electrons. The van der Waals surface area contributed by atoms with Crippen LogP contribution in [0.1, 0.15) is 24.5 Å². The highest BCUT2D eigenvalue weighted by atomic mass is 16.5. The number of nitrogens with one attached hydrogen (secondary N) is 2. The molecule has 7 heteroatoms. The molecule has 0 aliphatic heterocycles. The lowest BCUT2D eigenvalue weighted by molar-refractivity contribution is -0.118. The SMILES string of the molecule is COc1ccc(NC(=O)C(C)n2c(C)nc3[nH]c(C)cc3c2=O)cc1. The largest absolute Gasteiger partial charge is 0.497 e. The van der Waals surface area contributed by atoms with Gasteiger partial charge in [0.05, 0.1) is 12.5 Å². The molecule has 2 heterocycles. The number of nitrogens with zero attached hydrogens (tertiary/aromatic N) is 2. The number of benzene rings is 1. The molecule has 0 spiro atoms. The molecule has 1 atom stereocenters. The van der Waals surface area contributed by atoms with Crippen LogP contribution in [0.25, 0.3) is 11.0 Å². The van der Waals surface area contributed by atoms with Crippen LogP contribution in [0, 0.1) is 13.8 Å². The lowest BCUT2D eigenvalue weighted by Crippen LogP contribution is -2.33. The number of carbonyl (C=O) groups is 1. The minimum Gasteiger partial charge on any atom is -0.497 e. The van der Waals surface area contributed by atoms with Crippen molar-refractivity contribution in [2.24, 2.45) is 0 Å². The van der Waals surface area contributed by atoms with Crippen LogP contribution in [-0.4, -0.2) is 27.6 Å². The molecule has 2 N–H and O–H groups in total. The Labute approximate surface area is 144 Å². The fourth-order valence-electron chi connectivity index (χ4n) is 2.81. The third-order valence-corrected chi connectivity index (χ3v) is 4.13. The van der Waals surface area contributed by atoms with Crippen LogP contribution < -0.4 is 15.6 Å². The Balaban J connectivity index is 1.91. The summed E-state index contributed by atoms with van der Waals surface area (Å²) in [5, 5.41) is 3.29. The number of amides is 1. The molecule has 0 radical (unpaired) electrons. The van der Waals surface area contributed by atoms with Crippen LogP contribution >= 0.6 is 0 Å². The Hall–Kier alpha value is -3.09. The van der Waals surface area contributed by atoms with E-state index >= 15 is 0 Å². The topological polar surface area (TPSA) is 89.0 Å². The molecule has 1 amide bonds. The van der Waals surface area contributed by atoms with E-state index in [1.807, 2.05) is 6.92 Å². The molecule has 25 heavy (non-hydrogen) atoms. The summed E-state index contributed by atoms with van der Waals surface area (Å²) < 4.78 is 6.51. The van der Waals surface area contributed by atoms with Crippen LogP contribution in [0.3, 0.4) is 0 Å². The van der Waals surface area contributed by atoms with Gasteiger partial charge in [0, 0.05) is 11.4 Å². The summed E-state index contributed by atoms with van der Waals surface area (Å²) in [6, 6.07) is 8.06. The number of aromatic amines is 1. The first-order valence-electron chi connectivity index (χ1n) is 7.94. The van der Waals surface area contributed by atoms with Crippen LogP contribution in [0.15, 0.2) is 35.1 Å². The summed E-state index contributed by atoms with van der Waals surface area (Å²) in [6.45, 7) is 5.26. The highest BCUT2D eigenvalue weighted by Gasteiger charge is 2.21. The predicted octanol–water partition coefficient (Wildman–Crippen LogP) is 2.55. The average molecular weight is 340 g/mol. The van der Waals surface area contributed by atoms with Gasteiger partial charge in [0.15, 0.2) is 0 Å². The second kappa shape index (κ2) is 6.43. The van der Waals surface area contributed by atoms with Crippen LogP contribution in [-0.2, 0) is 4.79 Å². The molecular formula is C18H20N4O3. The Bertz CT molecular complexity index is 986. The zero-order valence-electron chi connectivity index (χ0n) is 14.6. The second-order valence-corrected chi connectivity index (χ2v) is 5.94. The zero-order valence-corrected chi connectivity index (χ0v) is 14.6. The lowest BCUT2D eigenvalue weighted by Gasteiger charge is -2.17. The zero-order chi connectivity index (χ0) is 18.1. The first kappa shape index (κ1) is 16.8. The van der Waals surface area contributed by atoms with E-state index in [9.17, 15) is 9.59 Å². The van der Waals surface area contributed by atoms with Crippen molar-refractivity contribution in [3.63, 3.8) is 0 Å². The van der Waals surface area contributed by atoms with E-state index in [4.69, 9.17) is 4.74 Å². The molecule has 0 aliphatic carbocycles. The molecule has 0 fully saturated rings. The summed E-state index contributed by atoms with van der Waals surface area (Å²) in [7, 11) is 1.58. The average Bonchev–Trinajstić information content (AvgIpc) is 2.96. The summed E-state index contributed by atoms with van der Waals surface area (Å²) in [4.78, 5) is 32.8. The number of methoxy groups -OCH3 is 1. The van der Waals surface area contributed by atoms with E-state index in [-0.39, 0.29) is 11.5 Å². The highest BCUT2D eigenvalue weighted by Crippen LogP contribution is 2.18. The number of carbonyl (C=O) groups excluding carboxylic acids is 1. The highest BCUT2D eigenvalue weighted by molar-refractivity contribution is 5.93. The normalized spacial score (nSPS) is 12.2. The number of hydrogen-bond donors (Lipinski definition) is 2. The van der Waals surface area contributed by atoms with E-state index in [1.165, 1.54) is 4.57 Å². The van der Waals surface area contributed by atoms with Gasteiger partial charge >= 0.3 is 0 Å². The van der Waals surface area contributed by atoms with Gasteiger partial charge in [-0.3, -0.25) is 14.2 Å². The molecule has 0 saturated heterocycles. The molecular weight excluding hydrogens is 320 g/mol. The lowest BCUT2D eigenvalue weighted by atomic mass is 10.2. The van der Waals surface area contributed by atoms with E-state index in [1.54, 1.807) is 51.3 Å². The maximum absolute atomic E-state index is 12.8. The van der Waals surface area contributed by atoms with Crippen molar-refractivity contribution in [1.29, 1.82) is 0 Å². The van der Waals surface area contributed by atoms with Gasteiger partial charge in [-0.2, -0.15) is 0 Å². The molecule has 0 saturated carbocycles. The maximum Gasteiger partial charge on any atom is 0.263 e. The number of fused-ring (bicyclic) bond motifs is 1. The summed E-state index contributed by atoms with van der Waals surface area (Å²) in [5.41, 5.74) is 1.80. The molecule has 3 rings (SSSR count). The third kappa shape index (κ3) is 3.13. The molecule has 1 unspecified atom stereocenters. The number of anilines is 1. The molecule has 2 aromatic heterocycles. The number of aromatic nitrogens is 3. The van der Waals surface area contributed by atoms with Crippen molar-refractivity contribution in [1.82, 2.24) is 14.5 Å². The molecule has 0 aliphatic rings. The van der Waals surface area contributed by atoms with Gasteiger partial charge in [0.2, 0.25) is 5.91 Å². The summed E-state index contributed by atoms with van der Waals surface area (Å²) in [5.74, 6) is 0.899. The van der Waals surface area contributed by atoms with Gasteiger partial charge in [0.1, 0.15) is 23.3 Å².